The average molecular weight is 440 g/mol. The number of hydrogen-bond acceptors (Lipinski definition) is 7. The maximum Gasteiger partial charge on any atom is 0.266 e. The molecule has 0 aliphatic heterocycles. The first-order chi connectivity index (χ1) is 16.0. The van der Waals surface area contributed by atoms with Gasteiger partial charge in [-0.1, -0.05) is 30.3 Å². The minimum Gasteiger partial charge on any atom is -0.381 e. The molecule has 1 amide bonds. The van der Waals surface area contributed by atoms with Crippen LogP contribution in [0.1, 0.15) is 34.7 Å². The van der Waals surface area contributed by atoms with Crippen LogP contribution in [-0.4, -0.2) is 35.5 Å². The van der Waals surface area contributed by atoms with E-state index >= 15 is 0 Å². The quantitative estimate of drug-likeness (QED) is 0.438. The first kappa shape index (κ1) is 20.3. The monoisotopic (exact) mass is 440 g/mol. The van der Waals surface area contributed by atoms with Gasteiger partial charge in [0, 0.05) is 0 Å². The van der Waals surface area contributed by atoms with Crippen LogP contribution < -0.4 is 16.6 Å². The van der Waals surface area contributed by atoms with Crippen LogP contribution >= 0.6 is 0 Å². The number of fused-ring (bicyclic) bond motifs is 2. The van der Waals surface area contributed by atoms with E-state index in [9.17, 15) is 9.59 Å². The fourth-order valence-corrected chi connectivity index (χ4v) is 3.93. The number of amides is 1. The van der Waals surface area contributed by atoms with Gasteiger partial charge in [-0.2, -0.15) is 0 Å². The number of rotatable bonds is 4. The number of nitrogens with one attached hydrogen (secondary N) is 1. The zero-order valence-electron chi connectivity index (χ0n) is 17.9. The molecule has 3 heterocycles. The molecule has 0 spiro atoms. The van der Waals surface area contributed by atoms with Gasteiger partial charge < -0.3 is 11.1 Å². The third-order valence-electron chi connectivity index (χ3n) is 5.47. The fraction of sp³-hybridized carbons (Fsp3) is 0.130. The van der Waals surface area contributed by atoms with Gasteiger partial charge in [0.2, 0.25) is 0 Å². The summed E-state index contributed by atoms with van der Waals surface area (Å²) >= 11 is 0. The summed E-state index contributed by atoms with van der Waals surface area (Å²) in [6.07, 6.45) is 1.46. The summed E-state index contributed by atoms with van der Waals surface area (Å²) in [4.78, 5) is 31.5. The highest BCUT2D eigenvalue weighted by molar-refractivity contribution is 6.05. The molecule has 3 aromatic heterocycles. The Balaban J connectivity index is 1.64. The molecule has 5 rings (SSSR count). The molecular formula is C23H20N8O2. The molecule has 0 fully saturated rings. The highest BCUT2D eigenvalue weighted by Gasteiger charge is 2.24. The summed E-state index contributed by atoms with van der Waals surface area (Å²) in [6.45, 7) is 3.64. The van der Waals surface area contributed by atoms with Crippen molar-refractivity contribution in [1.82, 2.24) is 34.9 Å². The Morgan fingerprint density at radius 1 is 1.09 bits per heavy atom. The molecule has 0 aliphatic carbocycles. The number of aromatic nitrogens is 6. The van der Waals surface area contributed by atoms with E-state index in [0.717, 1.165) is 5.56 Å². The SMILES string of the molecule is Cc1cccc2nc([C@H](C)NC(=O)c3c(N)nn4nnccc34)n(-c3ccccc3)c(=O)c12. The zero-order valence-corrected chi connectivity index (χ0v) is 17.9. The number of hydrogen-bond donors (Lipinski definition) is 2. The second-order valence-corrected chi connectivity index (χ2v) is 7.67. The van der Waals surface area contributed by atoms with Gasteiger partial charge in [-0.15, -0.1) is 14.8 Å². The molecule has 3 N–H and O–H groups in total. The van der Waals surface area contributed by atoms with Crippen LogP contribution in [0.5, 0.6) is 0 Å². The van der Waals surface area contributed by atoms with Gasteiger partial charge in [0.05, 0.1) is 28.8 Å². The average Bonchev–Trinajstić information content (AvgIpc) is 3.15. The Morgan fingerprint density at radius 2 is 1.88 bits per heavy atom. The van der Waals surface area contributed by atoms with E-state index in [-0.39, 0.29) is 16.9 Å². The van der Waals surface area contributed by atoms with E-state index < -0.39 is 11.9 Å². The van der Waals surface area contributed by atoms with Crippen molar-refractivity contribution in [2.45, 2.75) is 19.9 Å². The highest BCUT2D eigenvalue weighted by Crippen LogP contribution is 2.22. The Labute approximate surface area is 187 Å². The van der Waals surface area contributed by atoms with Crippen LogP contribution in [0.25, 0.3) is 22.1 Å². The molecule has 0 unspecified atom stereocenters. The highest BCUT2D eigenvalue weighted by atomic mass is 16.2. The predicted molar refractivity (Wildman–Crippen MR) is 123 cm³/mol. The number of aryl methyl sites for hydroxylation is 1. The summed E-state index contributed by atoms with van der Waals surface area (Å²) in [5, 5.41) is 15.0. The lowest BCUT2D eigenvalue weighted by molar-refractivity contribution is 0.0940. The Morgan fingerprint density at radius 3 is 2.67 bits per heavy atom. The summed E-state index contributed by atoms with van der Waals surface area (Å²) in [5.41, 5.74) is 8.43. The number of benzene rings is 2. The number of para-hydroxylation sites is 1. The van der Waals surface area contributed by atoms with E-state index in [1.807, 2.05) is 49.4 Å². The summed E-state index contributed by atoms with van der Waals surface area (Å²) < 4.78 is 2.73. The Kier molecular flexibility index (Phi) is 4.82. The lowest BCUT2D eigenvalue weighted by atomic mass is 10.1. The lowest BCUT2D eigenvalue weighted by Gasteiger charge is -2.20. The van der Waals surface area contributed by atoms with Crippen LogP contribution in [-0.2, 0) is 0 Å². The van der Waals surface area contributed by atoms with Gasteiger partial charge in [0.25, 0.3) is 11.5 Å². The van der Waals surface area contributed by atoms with Gasteiger partial charge in [0.15, 0.2) is 5.82 Å². The van der Waals surface area contributed by atoms with Crippen molar-refractivity contribution in [3.05, 3.63) is 88.1 Å². The number of carbonyl (C=O) groups excluding carboxylic acids is 1. The van der Waals surface area contributed by atoms with Crippen LogP contribution in [0.2, 0.25) is 0 Å². The lowest BCUT2D eigenvalue weighted by Crippen LogP contribution is -2.33. The number of nitrogens with two attached hydrogens (primary N) is 1. The van der Waals surface area contributed by atoms with Gasteiger partial charge in [0.1, 0.15) is 16.9 Å². The molecule has 5 aromatic rings. The van der Waals surface area contributed by atoms with Crippen LogP contribution in [0, 0.1) is 6.92 Å². The van der Waals surface area contributed by atoms with Gasteiger partial charge in [-0.3, -0.25) is 14.2 Å². The van der Waals surface area contributed by atoms with E-state index in [0.29, 0.717) is 27.9 Å². The first-order valence-electron chi connectivity index (χ1n) is 10.3. The maximum absolute atomic E-state index is 13.6. The molecule has 0 saturated carbocycles. The number of anilines is 1. The van der Waals surface area contributed by atoms with Crippen molar-refractivity contribution >= 4 is 28.1 Å². The second kappa shape index (κ2) is 7.83. The molecule has 10 nitrogen and oxygen atoms in total. The Bertz CT molecular complexity index is 1570. The second-order valence-electron chi connectivity index (χ2n) is 7.67. The molecule has 1 atom stereocenters. The topological polar surface area (TPSA) is 133 Å². The van der Waals surface area contributed by atoms with Crippen molar-refractivity contribution in [2.75, 3.05) is 5.73 Å². The number of carbonyl (C=O) groups is 1. The van der Waals surface area contributed by atoms with Crippen molar-refractivity contribution < 1.29 is 4.79 Å². The predicted octanol–water partition coefficient (Wildman–Crippen LogP) is 2.21. The van der Waals surface area contributed by atoms with Gasteiger partial charge >= 0.3 is 0 Å². The van der Waals surface area contributed by atoms with E-state index in [1.165, 1.54) is 15.4 Å². The third-order valence-corrected chi connectivity index (χ3v) is 5.47. The van der Waals surface area contributed by atoms with E-state index in [4.69, 9.17) is 10.7 Å². The minimum atomic E-state index is -0.625. The largest absolute Gasteiger partial charge is 0.381 e. The molecule has 0 bridgehead atoms. The van der Waals surface area contributed by atoms with Crippen molar-refractivity contribution in [2.24, 2.45) is 0 Å². The standard InChI is InChI=1S/C23H20N8O2/c1-13-7-6-10-16-18(13)23(33)30(15-8-4-3-5-9-15)21(27-16)14(2)26-22(32)19-17-11-12-25-29-31(17)28-20(19)24/h3-12,14H,1-2H3,(H2,24,28)(H,26,32)/t14-/m0/s1. The molecule has 10 heteroatoms. The summed E-state index contributed by atoms with van der Waals surface area (Å²) in [7, 11) is 0. The van der Waals surface area contributed by atoms with E-state index in [1.54, 1.807) is 19.1 Å². The molecule has 0 saturated heterocycles. The molecular weight excluding hydrogens is 420 g/mol. The van der Waals surface area contributed by atoms with E-state index in [2.05, 4.69) is 20.7 Å². The third kappa shape index (κ3) is 3.37. The number of nitrogen functional groups attached to an aromatic ring is 1. The van der Waals surface area contributed by atoms with Gasteiger partial charge in [-0.25, -0.2) is 4.98 Å². The minimum absolute atomic E-state index is 0.0303. The molecule has 164 valence electrons. The molecule has 0 aliphatic rings. The molecule has 33 heavy (non-hydrogen) atoms. The van der Waals surface area contributed by atoms with Crippen LogP contribution in [0.4, 0.5) is 5.82 Å². The van der Waals surface area contributed by atoms with Gasteiger partial charge in [-0.05, 0) is 48.9 Å². The smallest absolute Gasteiger partial charge is 0.266 e. The molecule has 0 radical (unpaired) electrons. The Hall–Kier alpha value is -4.60. The van der Waals surface area contributed by atoms with Crippen LogP contribution in [0.15, 0.2) is 65.6 Å². The maximum atomic E-state index is 13.6. The van der Waals surface area contributed by atoms with Crippen molar-refractivity contribution in [3.63, 3.8) is 0 Å². The normalized spacial score (nSPS) is 12.2. The fourth-order valence-electron chi connectivity index (χ4n) is 3.93. The van der Waals surface area contributed by atoms with Crippen molar-refractivity contribution in [3.8, 4) is 5.69 Å². The first-order valence-corrected chi connectivity index (χ1v) is 10.3. The summed E-state index contributed by atoms with van der Waals surface area (Å²) in [6, 6.07) is 15.7. The molecule has 2 aromatic carbocycles. The van der Waals surface area contributed by atoms with Crippen molar-refractivity contribution in [1.29, 1.82) is 0 Å². The summed E-state index contributed by atoms with van der Waals surface area (Å²) in [5.74, 6) is -0.0311. The number of nitrogens with zero attached hydrogens (tertiary/aromatic N) is 6. The zero-order chi connectivity index (χ0) is 23.1. The van der Waals surface area contributed by atoms with Crippen LogP contribution in [0.3, 0.4) is 0 Å².